The number of hydrogen-bond acceptors (Lipinski definition) is 4. The van der Waals surface area contributed by atoms with E-state index >= 15 is 0 Å². The fourth-order valence-electron chi connectivity index (χ4n) is 3.72. The molecule has 1 fully saturated rings. The Hall–Kier alpha value is -3.57. The van der Waals surface area contributed by atoms with Gasteiger partial charge in [0.2, 0.25) is 0 Å². The summed E-state index contributed by atoms with van der Waals surface area (Å²) in [5.41, 5.74) is 2.74. The topological polar surface area (TPSA) is 60.9 Å². The van der Waals surface area contributed by atoms with Gasteiger partial charge in [0, 0.05) is 36.1 Å². The molecule has 0 bridgehead atoms. The zero-order chi connectivity index (χ0) is 22.1. The lowest BCUT2D eigenvalue weighted by atomic mass is 9.95. The zero-order valence-electron chi connectivity index (χ0n) is 17.1. The molecular weight excluding hydrogens is 412 g/mol. The fourth-order valence-corrected chi connectivity index (χ4v) is 3.85. The number of anilines is 2. The quantitative estimate of drug-likeness (QED) is 0.357. The lowest BCUT2D eigenvalue weighted by molar-refractivity contribution is -0.132. The molecule has 0 saturated carbocycles. The van der Waals surface area contributed by atoms with E-state index in [9.17, 15) is 14.7 Å². The van der Waals surface area contributed by atoms with Crippen molar-refractivity contribution < 1.29 is 14.7 Å². The third-order valence-corrected chi connectivity index (χ3v) is 5.57. The van der Waals surface area contributed by atoms with Gasteiger partial charge < -0.3 is 10.0 Å². The molecular formula is C25H21ClN2O3. The lowest BCUT2D eigenvalue weighted by Crippen LogP contribution is -2.29. The summed E-state index contributed by atoms with van der Waals surface area (Å²) in [6.07, 6.45) is 0. The Labute approximate surface area is 185 Å². The smallest absolute Gasteiger partial charge is 0.300 e. The Balaban J connectivity index is 1.90. The maximum Gasteiger partial charge on any atom is 0.300 e. The van der Waals surface area contributed by atoms with Crippen LogP contribution in [-0.2, 0) is 9.59 Å². The highest BCUT2D eigenvalue weighted by molar-refractivity contribution is 6.51. The van der Waals surface area contributed by atoms with E-state index in [0.717, 1.165) is 5.69 Å². The Kier molecular flexibility index (Phi) is 5.53. The van der Waals surface area contributed by atoms with Gasteiger partial charge in [-0.05, 0) is 42.0 Å². The molecule has 1 atom stereocenters. The SMILES string of the molecule is CN(C)c1ccc(N2C(=O)C(=O)/C(=C(\O)c3ccccc3)C2c2ccc(Cl)cc2)cc1. The van der Waals surface area contributed by atoms with E-state index < -0.39 is 17.7 Å². The van der Waals surface area contributed by atoms with Gasteiger partial charge in [0.05, 0.1) is 11.6 Å². The molecule has 1 saturated heterocycles. The van der Waals surface area contributed by atoms with E-state index in [1.165, 1.54) is 4.90 Å². The summed E-state index contributed by atoms with van der Waals surface area (Å²) in [4.78, 5) is 29.6. The summed E-state index contributed by atoms with van der Waals surface area (Å²) >= 11 is 6.06. The van der Waals surface area contributed by atoms with Crippen molar-refractivity contribution in [1.82, 2.24) is 0 Å². The van der Waals surface area contributed by atoms with Crippen molar-refractivity contribution >= 4 is 40.4 Å². The predicted octanol–water partition coefficient (Wildman–Crippen LogP) is 5.03. The van der Waals surface area contributed by atoms with Gasteiger partial charge in [-0.1, -0.05) is 54.1 Å². The van der Waals surface area contributed by atoms with Gasteiger partial charge in [0.1, 0.15) is 5.76 Å². The number of Topliss-reactive ketones (excluding diaryl/α,β-unsaturated/α-hetero) is 1. The van der Waals surface area contributed by atoms with Crippen LogP contribution in [0.15, 0.2) is 84.4 Å². The molecule has 1 aliphatic heterocycles. The highest BCUT2D eigenvalue weighted by Gasteiger charge is 2.46. The van der Waals surface area contributed by atoms with Crippen LogP contribution >= 0.6 is 11.6 Å². The first kappa shape index (κ1) is 20.7. The van der Waals surface area contributed by atoms with Gasteiger partial charge in [0.15, 0.2) is 0 Å². The number of ketones is 1. The number of carbonyl (C=O) groups is 2. The minimum Gasteiger partial charge on any atom is -0.507 e. The molecule has 6 heteroatoms. The molecule has 156 valence electrons. The molecule has 5 nitrogen and oxygen atoms in total. The number of benzene rings is 3. The van der Waals surface area contributed by atoms with Gasteiger partial charge in [-0.2, -0.15) is 0 Å². The molecule has 0 aromatic heterocycles. The van der Waals surface area contributed by atoms with Crippen molar-refractivity contribution in [2.45, 2.75) is 6.04 Å². The average Bonchev–Trinajstić information content (AvgIpc) is 3.05. The van der Waals surface area contributed by atoms with Crippen LogP contribution in [0.5, 0.6) is 0 Å². The van der Waals surface area contributed by atoms with Gasteiger partial charge in [-0.15, -0.1) is 0 Å². The van der Waals surface area contributed by atoms with Crippen molar-refractivity contribution in [3.05, 3.63) is 101 Å². The third-order valence-electron chi connectivity index (χ3n) is 5.32. The summed E-state index contributed by atoms with van der Waals surface area (Å²) in [5.74, 6) is -1.61. The molecule has 4 rings (SSSR count). The van der Waals surface area contributed by atoms with E-state index in [2.05, 4.69) is 0 Å². The minimum absolute atomic E-state index is 0.0511. The molecule has 1 heterocycles. The first-order valence-electron chi connectivity index (χ1n) is 9.78. The maximum atomic E-state index is 13.1. The van der Waals surface area contributed by atoms with E-state index in [1.54, 1.807) is 60.7 Å². The number of halogens is 1. The fraction of sp³-hybridized carbons (Fsp3) is 0.120. The van der Waals surface area contributed by atoms with E-state index in [0.29, 0.717) is 21.8 Å². The second-order valence-corrected chi connectivity index (χ2v) is 7.93. The van der Waals surface area contributed by atoms with Crippen LogP contribution in [0, 0.1) is 0 Å². The molecule has 1 aliphatic rings. The van der Waals surface area contributed by atoms with E-state index in [4.69, 9.17) is 11.6 Å². The summed E-state index contributed by atoms with van der Waals surface area (Å²) < 4.78 is 0. The minimum atomic E-state index is -0.775. The number of carbonyl (C=O) groups excluding carboxylic acids is 2. The van der Waals surface area contributed by atoms with Gasteiger partial charge in [-0.3, -0.25) is 14.5 Å². The van der Waals surface area contributed by atoms with Crippen LogP contribution in [0.25, 0.3) is 5.76 Å². The standard InChI is InChI=1S/C25H21ClN2O3/c1-27(2)19-12-14-20(15-13-19)28-22(16-8-10-18(26)11-9-16)21(24(30)25(28)31)23(29)17-6-4-3-5-7-17/h3-15,22,29H,1-2H3/b23-21-. The van der Waals surface area contributed by atoms with Gasteiger partial charge in [0.25, 0.3) is 11.7 Å². The second kappa shape index (κ2) is 8.28. The number of nitrogens with zero attached hydrogens (tertiary/aromatic N) is 2. The van der Waals surface area contributed by atoms with Crippen molar-refractivity contribution in [2.24, 2.45) is 0 Å². The molecule has 1 amide bonds. The number of rotatable bonds is 4. The predicted molar refractivity (Wildman–Crippen MR) is 123 cm³/mol. The summed E-state index contributed by atoms with van der Waals surface area (Å²) in [7, 11) is 3.85. The second-order valence-electron chi connectivity index (χ2n) is 7.50. The lowest BCUT2D eigenvalue weighted by Gasteiger charge is -2.26. The number of aliphatic hydroxyl groups excluding tert-OH is 1. The van der Waals surface area contributed by atoms with Crippen LogP contribution in [0.1, 0.15) is 17.2 Å². The van der Waals surface area contributed by atoms with E-state index in [1.807, 2.05) is 37.2 Å². The third kappa shape index (κ3) is 3.80. The summed E-state index contributed by atoms with van der Waals surface area (Å²) in [6.45, 7) is 0. The van der Waals surface area contributed by atoms with Crippen LogP contribution in [0.4, 0.5) is 11.4 Å². The van der Waals surface area contributed by atoms with Crippen molar-refractivity contribution in [3.8, 4) is 0 Å². The molecule has 0 radical (unpaired) electrons. The normalized spacial score (nSPS) is 17.8. The molecule has 3 aromatic carbocycles. The summed E-state index contributed by atoms with van der Waals surface area (Å²) in [5, 5.41) is 11.6. The van der Waals surface area contributed by atoms with Crippen LogP contribution in [-0.4, -0.2) is 30.9 Å². The van der Waals surface area contributed by atoms with Gasteiger partial charge in [-0.25, -0.2) is 0 Å². The summed E-state index contributed by atoms with van der Waals surface area (Å²) in [6, 6.07) is 22.3. The maximum absolute atomic E-state index is 13.1. The Morgan fingerprint density at radius 3 is 2.10 bits per heavy atom. The molecule has 1 unspecified atom stereocenters. The number of amides is 1. The highest BCUT2D eigenvalue weighted by Crippen LogP contribution is 2.42. The monoisotopic (exact) mass is 432 g/mol. The van der Waals surface area contributed by atoms with Crippen molar-refractivity contribution in [1.29, 1.82) is 0 Å². The van der Waals surface area contributed by atoms with Crippen LogP contribution in [0.3, 0.4) is 0 Å². The van der Waals surface area contributed by atoms with Gasteiger partial charge >= 0.3 is 0 Å². The molecule has 3 aromatic rings. The molecule has 31 heavy (non-hydrogen) atoms. The number of aliphatic hydroxyl groups is 1. The average molecular weight is 433 g/mol. The number of hydrogen-bond donors (Lipinski definition) is 1. The highest BCUT2D eigenvalue weighted by atomic mass is 35.5. The Morgan fingerprint density at radius 1 is 0.903 bits per heavy atom. The molecule has 0 aliphatic carbocycles. The largest absolute Gasteiger partial charge is 0.507 e. The molecule has 0 spiro atoms. The Morgan fingerprint density at radius 2 is 1.52 bits per heavy atom. The van der Waals surface area contributed by atoms with Crippen LogP contribution < -0.4 is 9.80 Å². The van der Waals surface area contributed by atoms with Crippen molar-refractivity contribution in [3.63, 3.8) is 0 Å². The van der Waals surface area contributed by atoms with Crippen molar-refractivity contribution in [2.75, 3.05) is 23.9 Å². The van der Waals surface area contributed by atoms with Crippen LogP contribution in [0.2, 0.25) is 5.02 Å². The molecule has 1 N–H and O–H groups in total. The first-order chi connectivity index (χ1) is 14.9. The zero-order valence-corrected chi connectivity index (χ0v) is 17.9. The van der Waals surface area contributed by atoms with E-state index in [-0.39, 0.29) is 11.3 Å². The Bertz CT molecular complexity index is 1150. The first-order valence-corrected chi connectivity index (χ1v) is 10.2.